The average molecular weight is 384 g/mol. The van der Waals surface area contributed by atoms with Gasteiger partial charge >= 0.3 is 14.6 Å². The van der Waals surface area contributed by atoms with Crippen LogP contribution in [0.4, 0.5) is 5.69 Å². The molecular weight excluding hydrogens is 354 g/mol. The first-order chi connectivity index (χ1) is 12.3. The minimum Gasteiger partial charge on any atom is -0.489 e. The molecule has 0 aliphatic carbocycles. The number of anilines is 1. The van der Waals surface area contributed by atoms with E-state index in [0.717, 1.165) is 5.56 Å². The summed E-state index contributed by atoms with van der Waals surface area (Å²) in [6.45, 7) is 8.14. The highest BCUT2D eigenvalue weighted by molar-refractivity contribution is 7.54. The van der Waals surface area contributed by atoms with Crippen molar-refractivity contribution in [3.05, 3.63) is 35.9 Å². The quantitative estimate of drug-likeness (QED) is 0.220. The van der Waals surface area contributed by atoms with Crippen LogP contribution in [0.1, 0.15) is 32.4 Å². The zero-order chi connectivity index (χ0) is 19.6. The van der Waals surface area contributed by atoms with E-state index in [9.17, 15) is 9.59 Å². The molecule has 0 amide bonds. The van der Waals surface area contributed by atoms with Gasteiger partial charge in [-0.3, -0.25) is 4.57 Å². The predicted octanol–water partition coefficient (Wildman–Crippen LogP) is 3.23. The van der Waals surface area contributed by atoms with Crippen molar-refractivity contribution in [1.82, 2.24) is 5.23 Å². The van der Waals surface area contributed by atoms with E-state index in [1.165, 1.54) is 0 Å². The number of allylic oxidation sites excluding steroid dienone is 1. The molecule has 9 heteroatoms. The van der Waals surface area contributed by atoms with Crippen LogP contribution in [0, 0.1) is 0 Å². The van der Waals surface area contributed by atoms with Gasteiger partial charge in [-0.25, -0.2) is 0 Å². The van der Waals surface area contributed by atoms with Gasteiger partial charge in [-0.2, -0.15) is 0 Å². The summed E-state index contributed by atoms with van der Waals surface area (Å²) in [7, 11) is -3.69. The molecule has 0 unspecified atom stereocenters. The number of hydrogen-bond acceptors (Lipinski definition) is 7. The highest BCUT2D eigenvalue weighted by atomic mass is 31.2. The molecule has 0 aromatic heterocycles. The van der Waals surface area contributed by atoms with E-state index >= 15 is 0 Å². The topological polar surface area (TPSA) is 103 Å². The monoisotopic (exact) mass is 384 g/mol. The van der Waals surface area contributed by atoms with Crippen LogP contribution in [-0.2, 0) is 13.6 Å². The summed E-state index contributed by atoms with van der Waals surface area (Å²) in [5.41, 5.74) is 7.42. The zero-order valence-corrected chi connectivity index (χ0v) is 16.9. The van der Waals surface area contributed by atoms with Gasteiger partial charge in [0.15, 0.2) is 0 Å². The van der Waals surface area contributed by atoms with Gasteiger partial charge in [0.2, 0.25) is 0 Å². The Kier molecular flexibility index (Phi) is 9.98. The van der Waals surface area contributed by atoms with E-state index in [4.69, 9.17) is 19.5 Å². The molecule has 26 heavy (non-hydrogen) atoms. The molecule has 0 bridgehead atoms. The molecule has 7 nitrogen and oxygen atoms in total. The van der Waals surface area contributed by atoms with Crippen molar-refractivity contribution in [2.45, 2.75) is 33.6 Å². The number of nitrogens with one attached hydrogen (secondary N) is 1. The van der Waals surface area contributed by atoms with E-state index < -0.39 is 14.6 Å². The van der Waals surface area contributed by atoms with Crippen molar-refractivity contribution in [3.8, 4) is 5.75 Å². The third kappa shape index (κ3) is 8.38. The summed E-state index contributed by atoms with van der Waals surface area (Å²) in [6.07, 6.45) is 3.71. The average Bonchev–Trinajstić information content (AvgIpc) is 2.54. The van der Waals surface area contributed by atoms with E-state index in [1.807, 2.05) is 19.1 Å². The van der Waals surface area contributed by atoms with E-state index in [1.54, 1.807) is 38.9 Å². The van der Waals surface area contributed by atoms with Crippen LogP contribution in [0.15, 0.2) is 30.4 Å². The van der Waals surface area contributed by atoms with Crippen molar-refractivity contribution >= 4 is 20.3 Å². The summed E-state index contributed by atoms with van der Waals surface area (Å²) in [4.78, 5) is 0. The second-order valence-electron chi connectivity index (χ2n) is 5.81. The standard InChI is InChI=1S/C17H30BN2O5P/c1-5-24-26(22,25-6-2)10-8-7-9-23-17-12-15(11-16(19)13-17)14(3)20-18(4)21/h7-8,11-14,20-21H,5-6,9-10,19H2,1-4H3/b8-7+/t14-/m1/s1. The molecule has 1 aromatic rings. The minimum absolute atomic E-state index is 0.0698. The molecule has 0 fully saturated rings. The first kappa shape index (κ1) is 22.7. The SMILES string of the molecule is CCOP(=O)(C/C=C/COc1cc(N)cc([C@@H](C)NB(C)O)c1)OCC. The molecule has 1 rings (SSSR count). The maximum absolute atomic E-state index is 12.3. The predicted molar refractivity (Wildman–Crippen MR) is 107 cm³/mol. The summed E-state index contributed by atoms with van der Waals surface area (Å²) >= 11 is 0. The number of ether oxygens (including phenoxy) is 1. The van der Waals surface area contributed by atoms with Crippen LogP contribution in [0.5, 0.6) is 5.75 Å². The number of rotatable bonds is 12. The Morgan fingerprint density at radius 3 is 2.50 bits per heavy atom. The van der Waals surface area contributed by atoms with Gasteiger partial charge in [0, 0.05) is 17.8 Å². The molecule has 4 N–H and O–H groups in total. The lowest BCUT2D eigenvalue weighted by molar-refractivity contribution is 0.222. The number of benzene rings is 1. The van der Waals surface area contributed by atoms with Crippen molar-refractivity contribution in [2.75, 3.05) is 31.7 Å². The van der Waals surface area contributed by atoms with Crippen LogP contribution in [0.25, 0.3) is 0 Å². The molecule has 0 heterocycles. The Hall–Kier alpha value is -1.31. The Morgan fingerprint density at radius 1 is 1.27 bits per heavy atom. The highest BCUT2D eigenvalue weighted by Crippen LogP contribution is 2.47. The van der Waals surface area contributed by atoms with Crippen molar-refractivity contribution in [1.29, 1.82) is 0 Å². The van der Waals surface area contributed by atoms with Crippen LogP contribution in [-0.4, -0.2) is 38.1 Å². The molecular formula is C17H30BN2O5P. The second kappa shape index (κ2) is 11.4. The third-order valence-electron chi connectivity index (χ3n) is 3.44. The molecule has 0 radical (unpaired) electrons. The molecule has 146 valence electrons. The number of hydrogen-bond donors (Lipinski definition) is 3. The van der Waals surface area contributed by atoms with Crippen molar-refractivity contribution in [3.63, 3.8) is 0 Å². The fourth-order valence-electron chi connectivity index (χ4n) is 2.39. The van der Waals surface area contributed by atoms with Gasteiger partial charge in [-0.1, -0.05) is 12.2 Å². The lowest BCUT2D eigenvalue weighted by atomic mass is 9.86. The maximum atomic E-state index is 12.3. The van der Waals surface area contributed by atoms with Gasteiger partial charge in [-0.05, 0) is 45.3 Å². The lowest BCUT2D eigenvalue weighted by Gasteiger charge is -2.17. The van der Waals surface area contributed by atoms with E-state index in [2.05, 4.69) is 5.23 Å². The Labute approximate surface area is 156 Å². The van der Waals surface area contributed by atoms with Gasteiger partial charge in [0.05, 0.1) is 19.4 Å². The lowest BCUT2D eigenvalue weighted by Crippen LogP contribution is -2.32. The third-order valence-corrected chi connectivity index (χ3v) is 5.40. The Bertz CT molecular complexity index is 617. The number of nitrogen functional groups attached to an aromatic ring is 1. The summed E-state index contributed by atoms with van der Waals surface area (Å²) in [5, 5.41) is 12.4. The Balaban J connectivity index is 2.62. The molecule has 0 saturated heterocycles. The van der Waals surface area contributed by atoms with E-state index in [0.29, 0.717) is 31.3 Å². The first-order valence-corrected chi connectivity index (χ1v) is 10.5. The fourth-order valence-corrected chi connectivity index (χ4v) is 3.87. The van der Waals surface area contributed by atoms with E-state index in [-0.39, 0.29) is 12.2 Å². The van der Waals surface area contributed by atoms with Gasteiger partial charge < -0.3 is 29.8 Å². The van der Waals surface area contributed by atoms with Crippen LogP contribution < -0.4 is 15.7 Å². The molecule has 0 aliphatic rings. The number of nitrogens with two attached hydrogens (primary N) is 1. The molecule has 0 spiro atoms. The molecule has 0 aliphatic heterocycles. The molecule has 0 saturated carbocycles. The first-order valence-electron chi connectivity index (χ1n) is 8.80. The van der Waals surface area contributed by atoms with Gasteiger partial charge in [0.1, 0.15) is 12.4 Å². The second-order valence-corrected chi connectivity index (χ2v) is 7.91. The fraction of sp³-hybridized carbons (Fsp3) is 0.529. The summed E-state index contributed by atoms with van der Waals surface area (Å²) in [6, 6.07) is 5.37. The van der Waals surface area contributed by atoms with Crippen molar-refractivity contribution in [2.24, 2.45) is 0 Å². The van der Waals surface area contributed by atoms with Crippen LogP contribution >= 0.6 is 7.60 Å². The van der Waals surface area contributed by atoms with Crippen LogP contribution in [0.3, 0.4) is 0 Å². The molecule has 1 atom stereocenters. The summed E-state index contributed by atoms with van der Waals surface area (Å²) in [5.74, 6) is 0.627. The summed E-state index contributed by atoms with van der Waals surface area (Å²) < 4.78 is 28.5. The highest BCUT2D eigenvalue weighted by Gasteiger charge is 2.21. The smallest absolute Gasteiger partial charge is 0.374 e. The Morgan fingerprint density at radius 2 is 1.92 bits per heavy atom. The molecule has 1 aromatic carbocycles. The van der Waals surface area contributed by atoms with Gasteiger partial charge in [-0.15, -0.1) is 0 Å². The zero-order valence-electron chi connectivity index (χ0n) is 16.0. The van der Waals surface area contributed by atoms with Crippen LogP contribution in [0.2, 0.25) is 6.82 Å². The maximum Gasteiger partial charge on any atom is 0.374 e. The van der Waals surface area contributed by atoms with Crippen molar-refractivity contribution < 1.29 is 23.4 Å². The largest absolute Gasteiger partial charge is 0.489 e. The normalized spacial score (nSPS) is 13.1. The minimum atomic E-state index is -3.07. The van der Waals surface area contributed by atoms with Gasteiger partial charge in [0.25, 0.3) is 0 Å².